The Labute approximate surface area is 80.4 Å². The molecule has 5 N–H and O–H groups in total. The van der Waals surface area contributed by atoms with Crippen LogP contribution in [0, 0.1) is 0 Å². The molecular weight excluding hydrogens is 170 g/mol. The molecule has 0 aliphatic carbocycles. The highest BCUT2D eigenvalue weighted by Crippen LogP contribution is 1.95. The van der Waals surface area contributed by atoms with E-state index < -0.39 is 6.10 Å². The van der Waals surface area contributed by atoms with Crippen molar-refractivity contribution >= 4 is 0 Å². The summed E-state index contributed by atoms with van der Waals surface area (Å²) in [5.41, 5.74) is 5.27. The fourth-order valence-corrected chi connectivity index (χ4v) is 0.629. The molecule has 0 radical (unpaired) electrons. The lowest BCUT2D eigenvalue weighted by Gasteiger charge is -1.96. The smallest absolute Gasteiger partial charge is 0.100 e. The van der Waals surface area contributed by atoms with Gasteiger partial charge in [0.05, 0.1) is 13.2 Å². The van der Waals surface area contributed by atoms with E-state index in [-0.39, 0.29) is 13.2 Å². The monoisotopic (exact) mass is 193 g/mol. The Balaban J connectivity index is 0. The zero-order chi connectivity index (χ0) is 10.5. The minimum absolute atomic E-state index is 0.365. The highest BCUT2D eigenvalue weighted by atomic mass is 16.3. The predicted molar refractivity (Wildman–Crippen MR) is 53.4 cm³/mol. The van der Waals surface area contributed by atoms with Crippen LogP contribution in [0.1, 0.15) is 32.6 Å². The van der Waals surface area contributed by atoms with Gasteiger partial charge >= 0.3 is 0 Å². The average molecular weight is 193 g/mol. The van der Waals surface area contributed by atoms with Gasteiger partial charge in [-0.3, -0.25) is 0 Å². The van der Waals surface area contributed by atoms with Crippen molar-refractivity contribution in [1.82, 2.24) is 0 Å². The van der Waals surface area contributed by atoms with E-state index in [2.05, 4.69) is 6.92 Å². The first-order valence-electron chi connectivity index (χ1n) is 4.82. The first-order valence-corrected chi connectivity index (χ1v) is 4.82. The Morgan fingerprint density at radius 3 is 1.85 bits per heavy atom. The van der Waals surface area contributed by atoms with Crippen LogP contribution in [0.15, 0.2) is 0 Å². The summed E-state index contributed by atoms with van der Waals surface area (Å²) >= 11 is 0. The van der Waals surface area contributed by atoms with Gasteiger partial charge in [0.2, 0.25) is 0 Å². The number of hydrogen-bond donors (Lipinski definition) is 4. The lowest BCUT2D eigenvalue weighted by Crippen LogP contribution is -2.15. The van der Waals surface area contributed by atoms with Gasteiger partial charge in [-0.2, -0.15) is 0 Å². The molecule has 82 valence electrons. The Hall–Kier alpha value is -0.160. The van der Waals surface area contributed by atoms with E-state index in [1.54, 1.807) is 0 Å². The molecular formula is C9H23NO3. The molecule has 0 atom stereocenters. The maximum Gasteiger partial charge on any atom is 0.100 e. The molecule has 0 spiro atoms. The van der Waals surface area contributed by atoms with Crippen LogP contribution in [0.3, 0.4) is 0 Å². The third kappa shape index (κ3) is 18.7. The molecule has 0 saturated carbocycles. The van der Waals surface area contributed by atoms with E-state index >= 15 is 0 Å². The number of aliphatic hydroxyl groups is 3. The van der Waals surface area contributed by atoms with E-state index in [1.165, 1.54) is 25.7 Å². The van der Waals surface area contributed by atoms with Gasteiger partial charge in [-0.15, -0.1) is 0 Å². The third-order valence-electron chi connectivity index (χ3n) is 1.48. The zero-order valence-corrected chi connectivity index (χ0v) is 8.45. The SMILES string of the molecule is CCCCCCN.OCC(O)CO. The minimum Gasteiger partial charge on any atom is -0.394 e. The van der Waals surface area contributed by atoms with Crippen LogP contribution in [-0.2, 0) is 0 Å². The fourth-order valence-electron chi connectivity index (χ4n) is 0.629. The molecule has 0 saturated heterocycles. The topological polar surface area (TPSA) is 86.7 Å². The van der Waals surface area contributed by atoms with E-state index in [0.717, 1.165) is 6.54 Å². The summed E-state index contributed by atoms with van der Waals surface area (Å²) in [4.78, 5) is 0. The van der Waals surface area contributed by atoms with Gasteiger partial charge in [-0.25, -0.2) is 0 Å². The summed E-state index contributed by atoms with van der Waals surface area (Å²) in [5.74, 6) is 0. The first kappa shape index (κ1) is 15.3. The quantitative estimate of drug-likeness (QED) is 0.442. The van der Waals surface area contributed by atoms with Crippen LogP contribution >= 0.6 is 0 Å². The summed E-state index contributed by atoms with van der Waals surface area (Å²) in [7, 11) is 0. The second-order valence-corrected chi connectivity index (χ2v) is 2.87. The van der Waals surface area contributed by atoms with Crippen LogP contribution in [0.5, 0.6) is 0 Å². The van der Waals surface area contributed by atoms with Crippen molar-refractivity contribution in [3.8, 4) is 0 Å². The van der Waals surface area contributed by atoms with Gasteiger partial charge < -0.3 is 21.1 Å². The molecule has 0 aromatic carbocycles. The average Bonchev–Trinajstić information content (AvgIpc) is 2.18. The van der Waals surface area contributed by atoms with Crippen molar-refractivity contribution in [1.29, 1.82) is 0 Å². The normalized spacial score (nSPS) is 9.69. The van der Waals surface area contributed by atoms with Crippen molar-refractivity contribution in [2.24, 2.45) is 5.73 Å². The lowest BCUT2D eigenvalue weighted by atomic mass is 10.2. The van der Waals surface area contributed by atoms with Crippen molar-refractivity contribution in [3.05, 3.63) is 0 Å². The molecule has 0 aliphatic rings. The lowest BCUT2D eigenvalue weighted by molar-refractivity contribution is 0.0450. The van der Waals surface area contributed by atoms with Crippen LogP contribution in [0.2, 0.25) is 0 Å². The molecule has 0 aromatic rings. The highest BCUT2D eigenvalue weighted by Gasteiger charge is 1.93. The number of rotatable bonds is 6. The number of unbranched alkanes of at least 4 members (excludes halogenated alkanes) is 3. The Morgan fingerprint density at radius 2 is 1.62 bits per heavy atom. The molecule has 13 heavy (non-hydrogen) atoms. The Kier molecular flexibility index (Phi) is 16.9. The van der Waals surface area contributed by atoms with Crippen LogP contribution in [0.25, 0.3) is 0 Å². The van der Waals surface area contributed by atoms with Gasteiger partial charge in [-0.1, -0.05) is 26.2 Å². The predicted octanol–water partition coefficient (Wildman–Crippen LogP) is -0.143. The molecule has 4 heteroatoms. The summed E-state index contributed by atoms with van der Waals surface area (Å²) in [5, 5.41) is 24.0. The van der Waals surface area contributed by atoms with Gasteiger partial charge in [0.1, 0.15) is 6.10 Å². The number of hydrogen-bond acceptors (Lipinski definition) is 4. The molecule has 0 bridgehead atoms. The van der Waals surface area contributed by atoms with Crippen molar-refractivity contribution in [3.63, 3.8) is 0 Å². The van der Waals surface area contributed by atoms with Gasteiger partial charge in [0, 0.05) is 0 Å². The molecule has 0 fully saturated rings. The van der Waals surface area contributed by atoms with E-state index in [9.17, 15) is 0 Å². The van der Waals surface area contributed by atoms with Crippen LogP contribution in [0.4, 0.5) is 0 Å². The van der Waals surface area contributed by atoms with Crippen molar-refractivity contribution in [2.45, 2.75) is 38.7 Å². The summed E-state index contributed by atoms with van der Waals surface area (Å²) in [6.45, 7) is 2.34. The molecule has 0 unspecified atom stereocenters. The summed E-state index contributed by atoms with van der Waals surface area (Å²) in [6.07, 6.45) is 4.21. The third-order valence-corrected chi connectivity index (χ3v) is 1.48. The van der Waals surface area contributed by atoms with E-state index in [4.69, 9.17) is 21.1 Å². The van der Waals surface area contributed by atoms with E-state index in [1.807, 2.05) is 0 Å². The first-order chi connectivity index (χ1) is 6.22. The van der Waals surface area contributed by atoms with Gasteiger partial charge in [-0.05, 0) is 13.0 Å². The standard InChI is InChI=1S/C6H15N.C3H8O3/c1-2-3-4-5-6-7;4-1-3(6)2-5/h2-7H2,1H3;3-6H,1-2H2. The minimum atomic E-state index is -0.954. The second kappa shape index (κ2) is 14.4. The highest BCUT2D eigenvalue weighted by molar-refractivity contribution is 4.44. The summed E-state index contributed by atoms with van der Waals surface area (Å²) < 4.78 is 0. The Morgan fingerprint density at radius 1 is 1.08 bits per heavy atom. The molecule has 0 amide bonds. The van der Waals surface area contributed by atoms with Gasteiger partial charge in [0.15, 0.2) is 0 Å². The van der Waals surface area contributed by atoms with E-state index in [0.29, 0.717) is 0 Å². The van der Waals surface area contributed by atoms with Crippen molar-refractivity contribution in [2.75, 3.05) is 19.8 Å². The number of nitrogens with two attached hydrogens (primary N) is 1. The molecule has 0 aliphatic heterocycles. The summed E-state index contributed by atoms with van der Waals surface area (Å²) in [6, 6.07) is 0. The molecule has 0 heterocycles. The van der Waals surface area contributed by atoms with Gasteiger partial charge in [0.25, 0.3) is 0 Å². The largest absolute Gasteiger partial charge is 0.394 e. The maximum atomic E-state index is 8.17. The fraction of sp³-hybridized carbons (Fsp3) is 1.00. The van der Waals surface area contributed by atoms with Crippen molar-refractivity contribution < 1.29 is 15.3 Å². The molecule has 0 rings (SSSR count). The van der Waals surface area contributed by atoms with Crippen LogP contribution < -0.4 is 5.73 Å². The second-order valence-electron chi connectivity index (χ2n) is 2.87. The maximum absolute atomic E-state index is 8.17. The zero-order valence-electron chi connectivity index (χ0n) is 8.45. The number of aliphatic hydroxyl groups excluding tert-OH is 3. The van der Waals surface area contributed by atoms with Crippen LogP contribution in [-0.4, -0.2) is 41.2 Å². The molecule has 0 aromatic heterocycles. The Bertz CT molecular complexity index is 73.3. The molecule has 4 nitrogen and oxygen atoms in total.